The van der Waals surface area contributed by atoms with Crippen LogP contribution in [0.1, 0.15) is 18.9 Å². The first kappa shape index (κ1) is 16.3. The van der Waals surface area contributed by atoms with Crippen LogP contribution < -0.4 is 5.32 Å². The number of benzene rings is 1. The first-order valence-corrected chi connectivity index (χ1v) is 6.22. The fraction of sp³-hybridized carbons (Fsp3) is 0.462. The van der Waals surface area contributed by atoms with Crippen LogP contribution in [0.2, 0.25) is 0 Å². The summed E-state index contributed by atoms with van der Waals surface area (Å²) < 4.78 is 37.2. The number of amides is 2. The van der Waals surface area contributed by atoms with Crippen LogP contribution in [0.15, 0.2) is 24.3 Å². The zero-order valence-corrected chi connectivity index (χ0v) is 11.1. The average molecular weight is 290 g/mol. The fourth-order valence-corrected chi connectivity index (χ4v) is 1.61. The molecule has 0 aromatic heterocycles. The number of aliphatic hydroxyl groups excluding tert-OH is 1. The second-order valence-electron chi connectivity index (χ2n) is 4.16. The predicted molar refractivity (Wildman–Crippen MR) is 69.4 cm³/mol. The highest BCUT2D eigenvalue weighted by Gasteiger charge is 2.30. The van der Waals surface area contributed by atoms with E-state index in [9.17, 15) is 18.0 Å². The molecular formula is C13H17F3N2O2. The number of nitrogens with one attached hydrogen (secondary N) is 1. The van der Waals surface area contributed by atoms with Crippen molar-refractivity contribution >= 4 is 11.7 Å². The number of alkyl halides is 3. The Morgan fingerprint density at radius 2 is 1.90 bits per heavy atom. The van der Waals surface area contributed by atoms with E-state index in [0.29, 0.717) is 25.2 Å². The molecule has 1 rings (SSSR count). The van der Waals surface area contributed by atoms with E-state index in [2.05, 4.69) is 5.32 Å². The highest BCUT2D eigenvalue weighted by molar-refractivity contribution is 5.89. The Bertz CT molecular complexity index is 432. The van der Waals surface area contributed by atoms with E-state index in [1.807, 2.05) is 0 Å². The summed E-state index contributed by atoms with van der Waals surface area (Å²) in [5.74, 6) is 0. The van der Waals surface area contributed by atoms with Crippen LogP contribution in [0.3, 0.4) is 0 Å². The number of nitrogens with zero attached hydrogens (tertiary/aromatic N) is 1. The Hall–Kier alpha value is -1.76. The van der Waals surface area contributed by atoms with Crippen molar-refractivity contribution < 1.29 is 23.1 Å². The largest absolute Gasteiger partial charge is 0.416 e. The Morgan fingerprint density at radius 1 is 1.30 bits per heavy atom. The molecule has 0 saturated heterocycles. The number of anilines is 1. The summed E-state index contributed by atoms with van der Waals surface area (Å²) in [5.41, 5.74) is -0.464. The van der Waals surface area contributed by atoms with Gasteiger partial charge in [0.25, 0.3) is 0 Å². The molecule has 20 heavy (non-hydrogen) atoms. The first-order chi connectivity index (χ1) is 9.38. The third-order valence-corrected chi connectivity index (χ3v) is 2.72. The maximum absolute atomic E-state index is 12.4. The molecule has 0 aliphatic rings. The normalized spacial score (nSPS) is 11.2. The average Bonchev–Trinajstić information content (AvgIpc) is 2.39. The van der Waals surface area contributed by atoms with E-state index >= 15 is 0 Å². The number of carbonyl (C=O) groups excluding carboxylic acids is 1. The summed E-state index contributed by atoms with van der Waals surface area (Å²) in [6.45, 7) is 2.60. The third kappa shape index (κ3) is 4.73. The van der Waals surface area contributed by atoms with E-state index < -0.39 is 17.8 Å². The number of aliphatic hydroxyl groups is 1. The van der Waals surface area contributed by atoms with Gasteiger partial charge in [-0.1, -0.05) is 0 Å². The molecule has 1 aromatic rings. The lowest BCUT2D eigenvalue weighted by Crippen LogP contribution is -2.35. The van der Waals surface area contributed by atoms with Crippen LogP contribution in [0.4, 0.5) is 23.7 Å². The van der Waals surface area contributed by atoms with Gasteiger partial charge in [-0.15, -0.1) is 0 Å². The molecule has 1 aromatic carbocycles. The van der Waals surface area contributed by atoms with Gasteiger partial charge in [-0.3, -0.25) is 0 Å². The van der Waals surface area contributed by atoms with Gasteiger partial charge in [0.1, 0.15) is 0 Å². The smallest absolute Gasteiger partial charge is 0.396 e. The van der Waals surface area contributed by atoms with Crippen molar-refractivity contribution in [3.63, 3.8) is 0 Å². The summed E-state index contributed by atoms with van der Waals surface area (Å²) in [7, 11) is 0. The van der Waals surface area contributed by atoms with Gasteiger partial charge in [0.05, 0.1) is 5.56 Å². The minimum absolute atomic E-state index is 0.0238. The van der Waals surface area contributed by atoms with Crippen molar-refractivity contribution in [3.8, 4) is 0 Å². The number of hydrogen-bond donors (Lipinski definition) is 2. The van der Waals surface area contributed by atoms with Crippen molar-refractivity contribution in [2.45, 2.75) is 19.5 Å². The van der Waals surface area contributed by atoms with Gasteiger partial charge in [-0.05, 0) is 37.6 Å². The van der Waals surface area contributed by atoms with Gasteiger partial charge in [0, 0.05) is 25.4 Å². The Labute approximate surface area is 115 Å². The Balaban J connectivity index is 2.66. The SMILES string of the molecule is CCN(CCCO)C(=O)Nc1ccc(C(F)(F)F)cc1. The molecular weight excluding hydrogens is 273 g/mol. The second kappa shape index (κ2) is 7.14. The molecule has 0 radical (unpaired) electrons. The van der Waals surface area contributed by atoms with E-state index in [4.69, 9.17) is 5.11 Å². The summed E-state index contributed by atoms with van der Waals surface area (Å²) >= 11 is 0. The van der Waals surface area contributed by atoms with Crippen molar-refractivity contribution in [2.24, 2.45) is 0 Å². The van der Waals surface area contributed by atoms with Crippen molar-refractivity contribution in [1.29, 1.82) is 0 Å². The quantitative estimate of drug-likeness (QED) is 0.876. The van der Waals surface area contributed by atoms with E-state index in [1.165, 1.54) is 17.0 Å². The Morgan fingerprint density at radius 3 is 2.35 bits per heavy atom. The van der Waals surface area contributed by atoms with Gasteiger partial charge < -0.3 is 15.3 Å². The molecule has 0 fully saturated rings. The van der Waals surface area contributed by atoms with E-state index in [1.54, 1.807) is 6.92 Å². The van der Waals surface area contributed by atoms with Crippen LogP contribution >= 0.6 is 0 Å². The van der Waals surface area contributed by atoms with Gasteiger partial charge in [0.15, 0.2) is 0 Å². The molecule has 0 heterocycles. The maximum atomic E-state index is 12.4. The lowest BCUT2D eigenvalue weighted by molar-refractivity contribution is -0.137. The summed E-state index contributed by atoms with van der Waals surface area (Å²) in [4.78, 5) is 13.3. The third-order valence-electron chi connectivity index (χ3n) is 2.72. The topological polar surface area (TPSA) is 52.6 Å². The van der Waals surface area contributed by atoms with Crippen LogP contribution in [0, 0.1) is 0 Å². The monoisotopic (exact) mass is 290 g/mol. The Kier molecular flexibility index (Phi) is 5.82. The molecule has 0 saturated carbocycles. The lowest BCUT2D eigenvalue weighted by Gasteiger charge is -2.21. The lowest BCUT2D eigenvalue weighted by atomic mass is 10.2. The molecule has 0 aliphatic carbocycles. The molecule has 112 valence electrons. The molecule has 0 unspecified atom stereocenters. The number of carbonyl (C=O) groups is 1. The number of halogens is 3. The zero-order chi connectivity index (χ0) is 15.2. The highest BCUT2D eigenvalue weighted by Crippen LogP contribution is 2.29. The standard InChI is InChI=1S/C13H17F3N2O2/c1-2-18(8-3-9-19)12(20)17-11-6-4-10(5-7-11)13(14,15)16/h4-7,19H,2-3,8-9H2,1H3,(H,17,20). The second-order valence-corrected chi connectivity index (χ2v) is 4.16. The van der Waals surface area contributed by atoms with E-state index in [0.717, 1.165) is 12.1 Å². The molecule has 4 nitrogen and oxygen atoms in total. The summed E-state index contributed by atoms with van der Waals surface area (Å²) in [6, 6.07) is 3.85. The molecule has 2 N–H and O–H groups in total. The minimum Gasteiger partial charge on any atom is -0.396 e. The van der Waals surface area contributed by atoms with Gasteiger partial charge in [-0.2, -0.15) is 13.2 Å². The first-order valence-electron chi connectivity index (χ1n) is 6.22. The van der Waals surface area contributed by atoms with Gasteiger partial charge in [-0.25, -0.2) is 4.79 Å². The fourth-order valence-electron chi connectivity index (χ4n) is 1.61. The van der Waals surface area contributed by atoms with Crippen LogP contribution in [0.5, 0.6) is 0 Å². The van der Waals surface area contributed by atoms with Gasteiger partial charge >= 0.3 is 12.2 Å². The summed E-state index contributed by atoms with van der Waals surface area (Å²) in [6.07, 6.45) is -3.94. The molecule has 0 spiro atoms. The van der Waals surface area contributed by atoms with Crippen molar-refractivity contribution in [2.75, 3.05) is 25.0 Å². The summed E-state index contributed by atoms with van der Waals surface area (Å²) in [5, 5.41) is 11.2. The van der Waals surface area contributed by atoms with E-state index in [-0.39, 0.29) is 6.61 Å². The minimum atomic E-state index is -4.39. The van der Waals surface area contributed by atoms with Crippen LogP contribution in [-0.4, -0.2) is 35.7 Å². The molecule has 0 aliphatic heterocycles. The number of urea groups is 1. The zero-order valence-electron chi connectivity index (χ0n) is 11.1. The van der Waals surface area contributed by atoms with Crippen molar-refractivity contribution in [1.82, 2.24) is 4.90 Å². The predicted octanol–water partition coefficient (Wildman–Crippen LogP) is 2.94. The molecule has 7 heteroatoms. The van der Waals surface area contributed by atoms with Crippen LogP contribution in [0.25, 0.3) is 0 Å². The maximum Gasteiger partial charge on any atom is 0.416 e. The van der Waals surface area contributed by atoms with Crippen LogP contribution in [-0.2, 0) is 6.18 Å². The van der Waals surface area contributed by atoms with Gasteiger partial charge in [0.2, 0.25) is 0 Å². The molecule has 0 atom stereocenters. The van der Waals surface area contributed by atoms with Crippen molar-refractivity contribution in [3.05, 3.63) is 29.8 Å². The molecule has 0 bridgehead atoms. The molecule has 2 amide bonds. The highest BCUT2D eigenvalue weighted by atomic mass is 19.4. The number of rotatable bonds is 5. The number of hydrogen-bond acceptors (Lipinski definition) is 2.